The average molecular weight is 324 g/mol. The highest BCUT2D eigenvalue weighted by Gasteiger charge is 2.24. The number of hydrogen-bond donors (Lipinski definition) is 1. The molecule has 0 bridgehead atoms. The number of pyridine rings is 1. The summed E-state index contributed by atoms with van der Waals surface area (Å²) in [5, 5.41) is 0. The Morgan fingerprint density at radius 1 is 1.21 bits per heavy atom. The first-order chi connectivity index (χ1) is 11.6. The van der Waals surface area contributed by atoms with Crippen molar-refractivity contribution in [3.63, 3.8) is 0 Å². The maximum absolute atomic E-state index is 12.3. The number of imidazole rings is 1. The third kappa shape index (κ3) is 2.55. The van der Waals surface area contributed by atoms with Gasteiger partial charge in [0, 0.05) is 37.1 Å². The van der Waals surface area contributed by atoms with Gasteiger partial charge in [0.1, 0.15) is 11.6 Å². The number of hydrogen-bond acceptors (Lipinski definition) is 5. The summed E-state index contributed by atoms with van der Waals surface area (Å²) >= 11 is 0. The Kier molecular flexibility index (Phi) is 3.55. The van der Waals surface area contributed by atoms with Gasteiger partial charge in [0.25, 0.3) is 0 Å². The minimum atomic E-state index is -0.0733. The fourth-order valence-electron chi connectivity index (χ4n) is 3.51. The van der Waals surface area contributed by atoms with Crippen molar-refractivity contribution in [2.75, 3.05) is 18.0 Å². The molecule has 0 spiro atoms. The van der Waals surface area contributed by atoms with E-state index in [0.29, 0.717) is 0 Å². The van der Waals surface area contributed by atoms with Crippen molar-refractivity contribution < 1.29 is 0 Å². The van der Waals surface area contributed by atoms with Crippen LogP contribution in [0.3, 0.4) is 0 Å². The summed E-state index contributed by atoms with van der Waals surface area (Å²) in [4.78, 5) is 30.7. The van der Waals surface area contributed by atoms with Crippen LogP contribution in [0.4, 0.5) is 5.82 Å². The second kappa shape index (κ2) is 5.74. The number of aromatic nitrogens is 5. The molecule has 3 aromatic rings. The van der Waals surface area contributed by atoms with Crippen molar-refractivity contribution in [2.45, 2.75) is 32.7 Å². The lowest BCUT2D eigenvalue weighted by molar-refractivity contribution is 0.393. The van der Waals surface area contributed by atoms with Gasteiger partial charge < -0.3 is 9.88 Å². The molecular formula is C17H20N6O. The Morgan fingerprint density at radius 2 is 2.00 bits per heavy atom. The summed E-state index contributed by atoms with van der Waals surface area (Å²) in [6, 6.07) is 5.92. The minimum Gasteiger partial charge on any atom is -0.356 e. The van der Waals surface area contributed by atoms with Gasteiger partial charge in [-0.1, -0.05) is 0 Å². The summed E-state index contributed by atoms with van der Waals surface area (Å²) < 4.78 is 1.81. The maximum atomic E-state index is 12.3. The maximum Gasteiger partial charge on any atom is 0.327 e. The molecular weight excluding hydrogens is 304 g/mol. The molecule has 4 rings (SSSR count). The molecule has 1 N–H and O–H groups in total. The van der Waals surface area contributed by atoms with E-state index in [1.165, 1.54) is 0 Å². The van der Waals surface area contributed by atoms with Crippen LogP contribution in [0.1, 0.15) is 30.4 Å². The van der Waals surface area contributed by atoms with E-state index < -0.39 is 0 Å². The van der Waals surface area contributed by atoms with Crippen molar-refractivity contribution in [3.05, 3.63) is 46.4 Å². The topological polar surface area (TPSA) is 79.7 Å². The highest BCUT2D eigenvalue weighted by atomic mass is 16.1. The van der Waals surface area contributed by atoms with Crippen LogP contribution in [0.25, 0.3) is 11.2 Å². The van der Waals surface area contributed by atoms with Crippen molar-refractivity contribution in [1.29, 1.82) is 0 Å². The lowest BCUT2D eigenvalue weighted by Crippen LogP contribution is -2.37. The molecule has 0 aliphatic carbocycles. The van der Waals surface area contributed by atoms with Crippen LogP contribution < -0.4 is 10.6 Å². The van der Waals surface area contributed by atoms with Crippen LogP contribution >= 0.6 is 0 Å². The third-order valence-corrected chi connectivity index (χ3v) is 4.58. The molecule has 3 aromatic heterocycles. The molecule has 124 valence electrons. The van der Waals surface area contributed by atoms with Crippen molar-refractivity contribution >= 4 is 17.0 Å². The lowest BCUT2D eigenvalue weighted by Gasteiger charge is -2.33. The third-order valence-electron chi connectivity index (χ3n) is 4.58. The zero-order valence-electron chi connectivity index (χ0n) is 13.9. The number of aromatic amines is 1. The van der Waals surface area contributed by atoms with Crippen molar-refractivity contribution in [1.82, 2.24) is 24.5 Å². The van der Waals surface area contributed by atoms with E-state index in [9.17, 15) is 4.79 Å². The molecule has 0 amide bonds. The highest BCUT2D eigenvalue weighted by Crippen LogP contribution is 2.26. The molecule has 7 nitrogen and oxygen atoms in total. The van der Waals surface area contributed by atoms with Crippen LogP contribution in [-0.2, 0) is 0 Å². The summed E-state index contributed by atoms with van der Waals surface area (Å²) in [5.41, 5.74) is 2.45. The first-order valence-corrected chi connectivity index (χ1v) is 8.24. The molecule has 0 unspecified atom stereocenters. The molecule has 1 saturated heterocycles. The summed E-state index contributed by atoms with van der Waals surface area (Å²) in [6.07, 6.45) is 3.52. The lowest BCUT2D eigenvalue weighted by atomic mass is 10.0. The monoisotopic (exact) mass is 324 g/mol. The number of piperidine rings is 1. The zero-order chi connectivity index (χ0) is 16.7. The Bertz CT molecular complexity index is 915. The molecule has 24 heavy (non-hydrogen) atoms. The quantitative estimate of drug-likeness (QED) is 0.779. The number of H-pyrrole nitrogens is 1. The van der Waals surface area contributed by atoms with E-state index in [1.807, 2.05) is 36.6 Å². The number of aryl methyl sites for hydroxylation is 2. The van der Waals surface area contributed by atoms with Gasteiger partial charge in [-0.3, -0.25) is 4.57 Å². The van der Waals surface area contributed by atoms with Gasteiger partial charge in [0.2, 0.25) is 0 Å². The Hall–Kier alpha value is -2.70. The van der Waals surface area contributed by atoms with E-state index in [2.05, 4.69) is 24.8 Å². The van der Waals surface area contributed by atoms with Gasteiger partial charge in [0.15, 0.2) is 5.65 Å². The Morgan fingerprint density at radius 3 is 2.75 bits per heavy atom. The minimum absolute atomic E-state index is 0.0733. The number of fused-ring (bicyclic) bond motifs is 1. The second-order valence-corrected chi connectivity index (χ2v) is 6.31. The Balaban J connectivity index is 1.57. The van der Waals surface area contributed by atoms with E-state index in [1.54, 1.807) is 6.20 Å². The standard InChI is InChI=1S/C17H20N6O/c1-11-10-15(20-12(2)19-11)22-8-5-13(6-9-22)23-16-14(21-17(23)24)4-3-7-18-16/h3-4,7,10,13H,5-6,8-9H2,1-2H3,(H,21,24). The van der Waals surface area contributed by atoms with E-state index in [-0.39, 0.29) is 11.7 Å². The fraction of sp³-hybridized carbons (Fsp3) is 0.412. The first-order valence-electron chi connectivity index (χ1n) is 8.24. The van der Waals surface area contributed by atoms with E-state index >= 15 is 0 Å². The number of nitrogens with zero attached hydrogens (tertiary/aromatic N) is 5. The zero-order valence-corrected chi connectivity index (χ0v) is 13.9. The SMILES string of the molecule is Cc1cc(N2CCC(n3c(=O)[nH]c4cccnc43)CC2)nc(C)n1. The summed E-state index contributed by atoms with van der Waals surface area (Å²) in [7, 11) is 0. The van der Waals surface area contributed by atoms with E-state index in [0.717, 1.165) is 54.4 Å². The van der Waals surface area contributed by atoms with Crippen LogP contribution in [-0.4, -0.2) is 37.6 Å². The molecule has 0 atom stereocenters. The molecule has 0 radical (unpaired) electrons. The van der Waals surface area contributed by atoms with Gasteiger partial charge in [-0.15, -0.1) is 0 Å². The van der Waals surface area contributed by atoms with Crippen LogP contribution in [0.2, 0.25) is 0 Å². The number of rotatable bonds is 2. The normalized spacial score (nSPS) is 16.0. The fourth-order valence-corrected chi connectivity index (χ4v) is 3.51. The highest BCUT2D eigenvalue weighted by molar-refractivity contribution is 5.70. The first kappa shape index (κ1) is 14.9. The predicted octanol–water partition coefficient (Wildman–Crippen LogP) is 1.97. The molecule has 0 saturated carbocycles. The molecule has 1 aliphatic heterocycles. The van der Waals surface area contributed by atoms with Gasteiger partial charge in [-0.2, -0.15) is 0 Å². The van der Waals surface area contributed by atoms with Gasteiger partial charge in [0.05, 0.1) is 5.52 Å². The summed E-state index contributed by atoms with van der Waals surface area (Å²) in [6.45, 7) is 5.64. The van der Waals surface area contributed by atoms with Crippen LogP contribution in [0.5, 0.6) is 0 Å². The van der Waals surface area contributed by atoms with Crippen LogP contribution in [0.15, 0.2) is 29.2 Å². The molecule has 1 fully saturated rings. The average Bonchev–Trinajstić information content (AvgIpc) is 2.90. The van der Waals surface area contributed by atoms with Crippen molar-refractivity contribution in [2.24, 2.45) is 0 Å². The Labute approximate surface area is 139 Å². The predicted molar refractivity (Wildman–Crippen MR) is 92.3 cm³/mol. The smallest absolute Gasteiger partial charge is 0.327 e. The van der Waals surface area contributed by atoms with Gasteiger partial charge >= 0.3 is 5.69 Å². The van der Waals surface area contributed by atoms with Gasteiger partial charge in [-0.25, -0.2) is 19.7 Å². The van der Waals surface area contributed by atoms with Crippen LogP contribution in [0, 0.1) is 13.8 Å². The summed E-state index contributed by atoms with van der Waals surface area (Å²) in [5.74, 6) is 1.77. The number of nitrogens with one attached hydrogen (secondary N) is 1. The van der Waals surface area contributed by atoms with E-state index in [4.69, 9.17) is 0 Å². The molecule has 7 heteroatoms. The van der Waals surface area contributed by atoms with Gasteiger partial charge in [-0.05, 0) is 38.8 Å². The van der Waals surface area contributed by atoms with Crippen molar-refractivity contribution in [3.8, 4) is 0 Å². The number of anilines is 1. The second-order valence-electron chi connectivity index (χ2n) is 6.31. The molecule has 1 aliphatic rings. The molecule has 0 aromatic carbocycles. The molecule has 4 heterocycles. The largest absolute Gasteiger partial charge is 0.356 e.